The van der Waals surface area contributed by atoms with E-state index in [1.165, 1.54) is 7.86 Å². The molecular formula is C24H32Hg2O6. The smallest absolute Gasteiger partial charge is 0.335 e. The van der Waals surface area contributed by atoms with Gasteiger partial charge in [0.15, 0.2) is 0 Å². The topological polar surface area (TPSA) is 93.1 Å². The first-order valence-electron chi connectivity index (χ1n) is 10.8. The molecule has 0 fully saturated rings. The van der Waals surface area contributed by atoms with Crippen LogP contribution < -0.4 is 0 Å². The van der Waals surface area contributed by atoms with Crippen LogP contribution in [0.2, 0.25) is 7.86 Å². The van der Waals surface area contributed by atoms with E-state index < -0.39 is 11.9 Å². The average Bonchev–Trinajstić information content (AvgIpc) is 2.83. The maximum atomic E-state index is 10.2. The maximum absolute atomic E-state index is 10.2. The van der Waals surface area contributed by atoms with Crippen LogP contribution in [-0.4, -0.2) is 47.6 Å². The van der Waals surface area contributed by atoms with Crippen molar-refractivity contribution in [2.24, 2.45) is 0 Å². The number of hydrogen-bond donors (Lipinski definition) is 2. The molecule has 0 bridgehead atoms. The zero-order valence-corrected chi connectivity index (χ0v) is 30.1. The predicted octanol–water partition coefficient (Wildman–Crippen LogP) is 5.28. The summed E-state index contributed by atoms with van der Waals surface area (Å²) in [5, 5.41) is 16.8. The number of ether oxygens (including phenoxy) is 2. The van der Waals surface area contributed by atoms with Crippen molar-refractivity contribution >= 4 is 11.9 Å². The Balaban J connectivity index is 0.000000466. The summed E-state index contributed by atoms with van der Waals surface area (Å²) in [5.74, 6) is -1.76. The van der Waals surface area contributed by atoms with E-state index in [0.717, 1.165) is 78.3 Å². The predicted molar refractivity (Wildman–Crippen MR) is 116 cm³/mol. The van der Waals surface area contributed by atoms with Gasteiger partial charge in [0.05, 0.1) is 11.1 Å². The largest absolute Gasteiger partial charge is 0.478 e. The minimum atomic E-state index is -0.879. The maximum Gasteiger partial charge on any atom is 0.335 e. The van der Waals surface area contributed by atoms with Crippen LogP contribution in [0.4, 0.5) is 0 Å². The minimum absolute atomic E-state index is 0.331. The number of carboxylic acid groups (broad SMARTS) is 2. The molecule has 8 heteroatoms. The fraction of sp³-hybridized carbons (Fsp3) is 0.417. The molecule has 2 N–H and O–H groups in total. The molecule has 0 heterocycles. The normalized spacial score (nSPS) is 11.8. The van der Waals surface area contributed by atoms with Crippen LogP contribution in [0.15, 0.2) is 60.7 Å². The van der Waals surface area contributed by atoms with Crippen molar-refractivity contribution in [3.63, 3.8) is 0 Å². The Morgan fingerprint density at radius 2 is 1.03 bits per heavy atom. The molecule has 2 aromatic rings. The first-order valence-corrected chi connectivity index (χ1v) is 18.6. The Kier molecular flexibility index (Phi) is 20.2. The van der Waals surface area contributed by atoms with E-state index in [9.17, 15) is 9.59 Å². The van der Waals surface area contributed by atoms with Crippen LogP contribution in [0, 0.1) is 0 Å². The molecule has 0 aliphatic heterocycles. The van der Waals surface area contributed by atoms with Gasteiger partial charge in [0, 0.05) is 0 Å². The Morgan fingerprint density at radius 3 is 1.22 bits per heavy atom. The number of hydrogen-bond acceptors (Lipinski definition) is 4. The minimum Gasteiger partial charge on any atom is -0.478 e. The second-order valence-electron chi connectivity index (χ2n) is 6.74. The van der Waals surface area contributed by atoms with Crippen LogP contribution in [0.1, 0.15) is 47.4 Å². The van der Waals surface area contributed by atoms with Crippen LogP contribution in [0.25, 0.3) is 0 Å². The van der Waals surface area contributed by atoms with Gasteiger partial charge in [-0.1, -0.05) is 36.4 Å². The molecule has 32 heavy (non-hydrogen) atoms. The molecule has 0 saturated heterocycles. The van der Waals surface area contributed by atoms with Gasteiger partial charge in [-0.05, 0) is 24.3 Å². The van der Waals surface area contributed by atoms with Crippen molar-refractivity contribution in [2.75, 3.05) is 13.2 Å². The summed E-state index contributed by atoms with van der Waals surface area (Å²) in [5.41, 5.74) is 0.662. The van der Waals surface area contributed by atoms with Gasteiger partial charge in [-0.25, -0.2) is 9.59 Å². The number of carbonyl (C=O) groups is 2. The molecule has 0 amide bonds. The number of rotatable bonds is 11. The van der Waals surface area contributed by atoms with E-state index in [-0.39, 0.29) is 0 Å². The zero-order chi connectivity index (χ0) is 24.2. The first kappa shape index (κ1) is 31.2. The van der Waals surface area contributed by atoms with Crippen LogP contribution >= 0.6 is 0 Å². The molecular weight excluding hydrogens is 785 g/mol. The van der Waals surface area contributed by atoms with E-state index in [4.69, 9.17) is 19.7 Å². The third-order valence-electron chi connectivity index (χ3n) is 4.10. The Bertz CT molecular complexity index is 664. The summed E-state index contributed by atoms with van der Waals surface area (Å²) >= 11 is 1.66. The molecule has 0 spiro atoms. The second-order valence-corrected chi connectivity index (χ2v) is 11.2. The van der Waals surface area contributed by atoms with Gasteiger partial charge in [0.25, 0.3) is 0 Å². The number of aromatic carboxylic acids is 2. The molecule has 2 aromatic carbocycles. The van der Waals surface area contributed by atoms with Crippen LogP contribution in [0.5, 0.6) is 0 Å². The van der Waals surface area contributed by atoms with Crippen molar-refractivity contribution in [3.8, 4) is 0 Å². The van der Waals surface area contributed by atoms with E-state index in [1.54, 1.807) is 60.7 Å². The van der Waals surface area contributed by atoms with E-state index in [0.29, 0.717) is 23.3 Å². The summed E-state index contributed by atoms with van der Waals surface area (Å²) in [6.07, 6.45) is 3.08. The molecule has 0 aliphatic carbocycles. The van der Waals surface area contributed by atoms with Crippen molar-refractivity contribution in [1.82, 2.24) is 0 Å². The van der Waals surface area contributed by atoms with Gasteiger partial charge in [0.1, 0.15) is 0 Å². The third-order valence-corrected chi connectivity index (χ3v) is 8.52. The Labute approximate surface area is 223 Å². The molecule has 2 unspecified atom stereocenters. The summed E-state index contributed by atoms with van der Waals surface area (Å²) in [4.78, 5) is 20.4. The summed E-state index contributed by atoms with van der Waals surface area (Å²) in [6, 6.07) is 16.6. The van der Waals surface area contributed by atoms with Gasteiger partial charge in [-0.2, -0.15) is 0 Å². The van der Waals surface area contributed by atoms with Crippen molar-refractivity contribution in [2.45, 2.75) is 46.8 Å². The van der Waals surface area contributed by atoms with Gasteiger partial charge in [0.2, 0.25) is 0 Å². The molecule has 2 rings (SSSR count). The molecule has 0 aromatic heterocycles. The van der Waals surface area contributed by atoms with Gasteiger partial charge < -0.3 is 10.2 Å². The van der Waals surface area contributed by atoms with E-state index in [2.05, 4.69) is 13.8 Å². The Morgan fingerprint density at radius 1 is 0.719 bits per heavy atom. The van der Waals surface area contributed by atoms with Gasteiger partial charge >= 0.3 is 134 Å². The fourth-order valence-electron chi connectivity index (χ4n) is 2.45. The molecule has 2 atom stereocenters. The monoisotopic (exact) mass is 820 g/mol. The van der Waals surface area contributed by atoms with Crippen LogP contribution in [0.3, 0.4) is 0 Å². The average molecular weight is 818 g/mol. The van der Waals surface area contributed by atoms with Gasteiger partial charge in [-0.3, -0.25) is 0 Å². The number of benzene rings is 2. The summed E-state index contributed by atoms with van der Waals surface area (Å²) < 4.78 is 14.2. The van der Waals surface area contributed by atoms with Crippen LogP contribution in [-0.2, 0) is 61.7 Å². The molecule has 6 nitrogen and oxygen atoms in total. The Hall–Kier alpha value is -0.830. The van der Waals surface area contributed by atoms with E-state index >= 15 is 0 Å². The molecule has 0 radical (unpaired) electrons. The quantitative estimate of drug-likeness (QED) is 0.301. The summed E-state index contributed by atoms with van der Waals surface area (Å²) in [6.45, 7) is 6.14. The zero-order valence-electron chi connectivity index (χ0n) is 19.1. The first-order chi connectivity index (χ1) is 15.4. The third kappa shape index (κ3) is 15.1. The molecule has 0 saturated carbocycles. The molecule has 0 aliphatic rings. The van der Waals surface area contributed by atoms with Crippen molar-refractivity contribution in [3.05, 3.63) is 71.8 Å². The van der Waals surface area contributed by atoms with E-state index in [1.807, 2.05) is 0 Å². The fourth-order valence-corrected chi connectivity index (χ4v) is 6.64. The second kappa shape index (κ2) is 20.8. The van der Waals surface area contributed by atoms with Crippen molar-refractivity contribution < 1.29 is 81.5 Å². The number of carboxylic acids is 2. The standard InChI is InChI=1S/C10H20O2.2C7H6O2.2Hg/c1-5-7-11-9(3)10(4)12-8-6-2;2*8-7(9)6-4-2-1-3-5-6;;/h9-10H,3-8H2,1-2H3;2*1-5H,(H,8,9);;. The van der Waals surface area contributed by atoms with Gasteiger partial charge in [-0.15, -0.1) is 0 Å². The summed E-state index contributed by atoms with van der Waals surface area (Å²) in [7, 11) is 0. The molecule has 168 valence electrons. The SMILES string of the molecule is CCCOC([CH2][Hg])C([CH2][Hg])OCCC.O=C(O)c1ccccc1.O=C(O)c1ccccc1. The van der Waals surface area contributed by atoms with Crippen molar-refractivity contribution in [1.29, 1.82) is 0 Å².